The monoisotopic (exact) mass is 363 g/mol. The Balaban J connectivity index is 1.98. The number of carbonyl (C=O) groups excluding carboxylic acids is 1. The van der Waals surface area contributed by atoms with Crippen LogP contribution in [-0.4, -0.2) is 24.5 Å². The number of amides is 2. The molecular weight excluding hydrogens is 350 g/mol. The van der Waals surface area contributed by atoms with Gasteiger partial charge in [0.25, 0.3) is 0 Å². The van der Waals surface area contributed by atoms with E-state index in [0.29, 0.717) is 21.5 Å². The molecule has 0 radical (unpaired) electrons. The van der Waals surface area contributed by atoms with E-state index in [0.717, 1.165) is 0 Å². The zero-order chi connectivity index (χ0) is 15.9. The van der Waals surface area contributed by atoms with E-state index in [-0.39, 0.29) is 5.75 Å². The van der Waals surface area contributed by atoms with Gasteiger partial charge in [0.05, 0.1) is 13.3 Å². The molecule has 0 bridgehead atoms. The van der Waals surface area contributed by atoms with Crippen LogP contribution in [0.25, 0.3) is 0 Å². The second-order valence-electron chi connectivity index (χ2n) is 4.24. The second kappa shape index (κ2) is 7.46. The number of phenolic OH excluding ortho intramolecular Hbond substituents is 1. The fourth-order valence-electron chi connectivity index (χ4n) is 1.66. The Kier molecular flexibility index (Phi) is 5.37. The van der Waals surface area contributed by atoms with Gasteiger partial charge in [0.1, 0.15) is 0 Å². The zero-order valence-corrected chi connectivity index (χ0v) is 13.3. The maximum absolute atomic E-state index is 11.6. The first-order valence-corrected chi connectivity index (χ1v) is 7.11. The molecule has 0 saturated heterocycles. The highest BCUT2D eigenvalue weighted by molar-refractivity contribution is 9.10. The highest BCUT2D eigenvalue weighted by atomic mass is 79.9. The third-order valence-electron chi connectivity index (χ3n) is 2.70. The van der Waals surface area contributed by atoms with Crippen LogP contribution in [0.5, 0.6) is 11.5 Å². The van der Waals surface area contributed by atoms with Gasteiger partial charge >= 0.3 is 6.03 Å². The Hall–Kier alpha value is -2.54. The summed E-state index contributed by atoms with van der Waals surface area (Å²) in [7, 11) is 1.46. The maximum Gasteiger partial charge on any atom is 0.339 e. The topological polar surface area (TPSA) is 83.0 Å². The molecule has 0 heterocycles. The first kappa shape index (κ1) is 15.8. The summed E-state index contributed by atoms with van der Waals surface area (Å²) in [5.74, 6) is 0.333. The molecule has 2 amide bonds. The first-order chi connectivity index (χ1) is 10.6. The number of rotatable bonds is 4. The lowest BCUT2D eigenvalue weighted by Crippen LogP contribution is -2.24. The number of hydrogen-bond acceptors (Lipinski definition) is 4. The fraction of sp³-hybridized carbons (Fsp3) is 0.0667. The number of methoxy groups -OCH3 is 1. The van der Waals surface area contributed by atoms with Crippen LogP contribution in [0.1, 0.15) is 5.56 Å². The van der Waals surface area contributed by atoms with Gasteiger partial charge in [0.15, 0.2) is 11.5 Å². The highest BCUT2D eigenvalue weighted by Crippen LogP contribution is 2.31. The van der Waals surface area contributed by atoms with Crippen LogP contribution < -0.4 is 15.5 Å². The van der Waals surface area contributed by atoms with Crippen molar-refractivity contribution in [3.05, 3.63) is 52.5 Å². The van der Waals surface area contributed by atoms with Gasteiger partial charge in [-0.3, -0.25) is 0 Å². The number of benzene rings is 2. The summed E-state index contributed by atoms with van der Waals surface area (Å²) < 4.78 is 5.66. The van der Waals surface area contributed by atoms with Gasteiger partial charge in [-0.15, -0.1) is 0 Å². The highest BCUT2D eigenvalue weighted by Gasteiger charge is 2.06. The molecule has 0 saturated carbocycles. The van der Waals surface area contributed by atoms with Gasteiger partial charge < -0.3 is 15.2 Å². The number of carbonyl (C=O) groups is 1. The number of nitrogens with zero attached hydrogens (tertiary/aromatic N) is 1. The molecule has 0 aromatic heterocycles. The second-order valence-corrected chi connectivity index (χ2v) is 5.09. The molecule has 0 fully saturated rings. The van der Waals surface area contributed by atoms with Crippen LogP contribution in [0, 0.1) is 0 Å². The van der Waals surface area contributed by atoms with Crippen molar-refractivity contribution in [2.75, 3.05) is 12.4 Å². The van der Waals surface area contributed by atoms with E-state index >= 15 is 0 Å². The summed E-state index contributed by atoms with van der Waals surface area (Å²) in [6.07, 6.45) is 1.41. The summed E-state index contributed by atoms with van der Waals surface area (Å²) in [5, 5.41) is 16.2. The van der Waals surface area contributed by atoms with Crippen molar-refractivity contribution >= 4 is 33.9 Å². The molecule has 114 valence electrons. The Morgan fingerprint density at radius 3 is 2.73 bits per heavy atom. The average molecular weight is 364 g/mol. The third-order valence-corrected chi connectivity index (χ3v) is 3.39. The number of ether oxygens (including phenoxy) is 1. The minimum Gasteiger partial charge on any atom is -0.504 e. The normalized spacial score (nSPS) is 10.5. The maximum atomic E-state index is 11.6. The van der Waals surface area contributed by atoms with Crippen LogP contribution in [0.4, 0.5) is 10.5 Å². The molecule has 2 rings (SSSR count). The van der Waals surface area contributed by atoms with Crippen molar-refractivity contribution in [1.82, 2.24) is 5.43 Å². The number of urea groups is 1. The molecule has 2 aromatic rings. The van der Waals surface area contributed by atoms with E-state index in [4.69, 9.17) is 4.74 Å². The number of para-hydroxylation sites is 1. The van der Waals surface area contributed by atoms with Gasteiger partial charge in [-0.05, 0) is 40.2 Å². The number of aromatic hydroxyl groups is 1. The zero-order valence-electron chi connectivity index (χ0n) is 11.7. The van der Waals surface area contributed by atoms with Crippen LogP contribution in [-0.2, 0) is 0 Å². The van der Waals surface area contributed by atoms with Crippen molar-refractivity contribution in [2.24, 2.45) is 5.10 Å². The fourth-order valence-corrected chi connectivity index (χ4v) is 2.09. The van der Waals surface area contributed by atoms with E-state index in [1.807, 2.05) is 18.2 Å². The summed E-state index contributed by atoms with van der Waals surface area (Å²) in [6.45, 7) is 0. The minimum absolute atomic E-state index is 0.0131. The Morgan fingerprint density at radius 1 is 1.32 bits per heavy atom. The van der Waals surface area contributed by atoms with Gasteiger partial charge in [0.2, 0.25) is 0 Å². The molecule has 6 nitrogen and oxygen atoms in total. The van der Waals surface area contributed by atoms with Crippen LogP contribution in [0.3, 0.4) is 0 Å². The van der Waals surface area contributed by atoms with E-state index in [1.165, 1.54) is 19.4 Å². The number of hydrogen-bond donors (Lipinski definition) is 3. The molecule has 0 atom stereocenters. The molecule has 7 heteroatoms. The molecule has 0 unspecified atom stereocenters. The molecule has 0 aliphatic rings. The van der Waals surface area contributed by atoms with E-state index in [9.17, 15) is 9.90 Å². The van der Waals surface area contributed by atoms with Crippen LogP contribution >= 0.6 is 15.9 Å². The van der Waals surface area contributed by atoms with Gasteiger partial charge in [-0.1, -0.05) is 18.2 Å². The molecule has 0 aliphatic carbocycles. The summed E-state index contributed by atoms with van der Waals surface area (Å²) in [5.41, 5.74) is 3.60. The van der Waals surface area contributed by atoms with Gasteiger partial charge in [0, 0.05) is 15.7 Å². The third kappa shape index (κ3) is 4.23. The molecule has 22 heavy (non-hydrogen) atoms. The minimum atomic E-state index is -0.462. The van der Waals surface area contributed by atoms with Gasteiger partial charge in [-0.2, -0.15) is 5.10 Å². The quantitative estimate of drug-likeness (QED) is 0.575. The lowest BCUT2D eigenvalue weighted by Gasteiger charge is -2.06. The number of halogens is 1. The Morgan fingerprint density at radius 2 is 2.05 bits per heavy atom. The number of nitrogens with one attached hydrogen (secondary N) is 2. The van der Waals surface area contributed by atoms with Crippen molar-refractivity contribution in [1.29, 1.82) is 0 Å². The SMILES string of the molecule is COc1cc(Br)c(/C=N\NC(=O)Nc2ccccc2)cc1O. The Bertz CT molecular complexity index is 690. The molecular formula is C15H14BrN3O3. The predicted molar refractivity (Wildman–Crippen MR) is 88.5 cm³/mol. The number of hydrazone groups is 1. The lowest BCUT2D eigenvalue weighted by molar-refractivity contribution is 0.252. The van der Waals surface area contributed by atoms with E-state index in [1.54, 1.807) is 18.2 Å². The predicted octanol–water partition coefficient (Wildman–Crippen LogP) is 3.32. The van der Waals surface area contributed by atoms with Crippen molar-refractivity contribution < 1.29 is 14.6 Å². The summed E-state index contributed by atoms with van der Waals surface area (Å²) in [4.78, 5) is 11.6. The van der Waals surface area contributed by atoms with Crippen molar-refractivity contribution in [3.8, 4) is 11.5 Å². The van der Waals surface area contributed by atoms with E-state index < -0.39 is 6.03 Å². The van der Waals surface area contributed by atoms with E-state index in [2.05, 4.69) is 31.8 Å². The summed E-state index contributed by atoms with van der Waals surface area (Å²) >= 11 is 3.33. The first-order valence-electron chi connectivity index (χ1n) is 6.31. The standard InChI is InChI=1S/C15H14BrN3O3/c1-22-14-8-12(16)10(7-13(14)20)9-17-19-15(21)18-11-5-3-2-4-6-11/h2-9,20H,1H3,(H2,18,19,21)/b17-9-. The molecule has 3 N–H and O–H groups in total. The van der Waals surface area contributed by atoms with Crippen LogP contribution in [0.15, 0.2) is 52.0 Å². The smallest absolute Gasteiger partial charge is 0.339 e. The molecule has 0 aliphatic heterocycles. The summed E-state index contributed by atoms with van der Waals surface area (Å²) in [6, 6.07) is 11.6. The largest absolute Gasteiger partial charge is 0.504 e. The molecule has 2 aromatic carbocycles. The lowest BCUT2D eigenvalue weighted by atomic mass is 10.2. The average Bonchev–Trinajstić information content (AvgIpc) is 2.51. The van der Waals surface area contributed by atoms with Crippen molar-refractivity contribution in [3.63, 3.8) is 0 Å². The van der Waals surface area contributed by atoms with Crippen molar-refractivity contribution in [2.45, 2.75) is 0 Å². The number of phenols is 1. The Labute approximate surface area is 135 Å². The van der Waals surface area contributed by atoms with Crippen LogP contribution in [0.2, 0.25) is 0 Å². The van der Waals surface area contributed by atoms with Gasteiger partial charge in [-0.25, -0.2) is 10.2 Å². The number of anilines is 1. The molecule has 0 spiro atoms.